The summed E-state index contributed by atoms with van der Waals surface area (Å²) in [7, 11) is 0. The molecule has 2 heterocycles. The van der Waals surface area contributed by atoms with Crippen molar-refractivity contribution in [3.05, 3.63) is 99.8 Å². The third-order valence-corrected chi connectivity index (χ3v) is 5.66. The van der Waals surface area contributed by atoms with Crippen LogP contribution in [0.4, 0.5) is 5.88 Å². The fourth-order valence-corrected chi connectivity index (χ4v) is 3.89. The highest BCUT2D eigenvalue weighted by molar-refractivity contribution is 5.94. The van der Waals surface area contributed by atoms with Crippen molar-refractivity contribution >= 4 is 17.7 Å². The molecule has 1 N–H and O–H groups in total. The number of amides is 2. The van der Waals surface area contributed by atoms with Gasteiger partial charge in [-0.05, 0) is 23.6 Å². The summed E-state index contributed by atoms with van der Waals surface area (Å²) in [5.74, 6) is -1.24. The van der Waals surface area contributed by atoms with E-state index in [4.69, 9.17) is 4.42 Å². The molecule has 8 nitrogen and oxygen atoms in total. The summed E-state index contributed by atoms with van der Waals surface area (Å²) in [5, 5.41) is 13.7. The molecule has 1 fully saturated rings. The Morgan fingerprint density at radius 1 is 1.00 bits per heavy atom. The second-order valence-corrected chi connectivity index (χ2v) is 7.76. The van der Waals surface area contributed by atoms with E-state index in [-0.39, 0.29) is 36.6 Å². The standard InChI is InChI=1S/C24H23N3O5/c28-23(19-15-26(16-19)24(29)21-11-12-22(32-21)27(30)31)25-14-13-20(17-7-3-1-4-8-17)18-9-5-2-6-10-18/h1-12,19-20H,13-16H2,(H,25,28). The largest absolute Gasteiger partial charge is 0.433 e. The number of likely N-dealkylation sites (tertiary alicyclic amines) is 1. The van der Waals surface area contributed by atoms with Crippen molar-refractivity contribution in [1.29, 1.82) is 0 Å². The molecule has 0 saturated carbocycles. The van der Waals surface area contributed by atoms with Gasteiger partial charge in [-0.1, -0.05) is 60.7 Å². The first kappa shape index (κ1) is 21.3. The molecule has 0 bridgehead atoms. The monoisotopic (exact) mass is 433 g/mol. The Hall–Kier alpha value is -3.94. The number of hydrogen-bond acceptors (Lipinski definition) is 5. The molecule has 1 aromatic heterocycles. The van der Waals surface area contributed by atoms with Gasteiger partial charge in [0.1, 0.15) is 4.92 Å². The maximum absolute atomic E-state index is 12.5. The Labute approximate surface area is 185 Å². The lowest BCUT2D eigenvalue weighted by Crippen LogP contribution is -2.55. The van der Waals surface area contributed by atoms with Crippen molar-refractivity contribution in [2.45, 2.75) is 12.3 Å². The summed E-state index contributed by atoms with van der Waals surface area (Å²) in [4.78, 5) is 36.3. The van der Waals surface area contributed by atoms with Gasteiger partial charge in [0, 0.05) is 25.6 Å². The van der Waals surface area contributed by atoms with Crippen molar-refractivity contribution in [2.24, 2.45) is 5.92 Å². The smallest absolute Gasteiger partial charge is 0.395 e. The summed E-state index contributed by atoms with van der Waals surface area (Å²) in [6.45, 7) is 1.04. The number of carbonyl (C=O) groups is 2. The Balaban J connectivity index is 1.28. The Kier molecular flexibility index (Phi) is 6.30. The van der Waals surface area contributed by atoms with E-state index in [1.165, 1.54) is 22.1 Å². The lowest BCUT2D eigenvalue weighted by Gasteiger charge is -2.37. The zero-order valence-corrected chi connectivity index (χ0v) is 17.3. The van der Waals surface area contributed by atoms with Crippen LogP contribution in [0.3, 0.4) is 0 Å². The Morgan fingerprint density at radius 2 is 1.59 bits per heavy atom. The van der Waals surface area contributed by atoms with Gasteiger partial charge in [0.2, 0.25) is 5.91 Å². The molecule has 2 aromatic carbocycles. The third-order valence-electron chi connectivity index (χ3n) is 5.66. The van der Waals surface area contributed by atoms with Crippen LogP contribution in [0.2, 0.25) is 0 Å². The van der Waals surface area contributed by atoms with Crippen molar-refractivity contribution in [3.63, 3.8) is 0 Å². The van der Waals surface area contributed by atoms with Gasteiger partial charge >= 0.3 is 5.88 Å². The number of benzene rings is 2. The Morgan fingerprint density at radius 3 is 2.12 bits per heavy atom. The molecular weight excluding hydrogens is 410 g/mol. The van der Waals surface area contributed by atoms with Gasteiger partial charge < -0.3 is 14.6 Å². The Bertz CT molecular complexity index is 1050. The van der Waals surface area contributed by atoms with Crippen LogP contribution in [0.5, 0.6) is 0 Å². The maximum Gasteiger partial charge on any atom is 0.433 e. The molecular formula is C24H23N3O5. The van der Waals surface area contributed by atoms with Crippen LogP contribution in [0.1, 0.15) is 34.0 Å². The first-order valence-corrected chi connectivity index (χ1v) is 10.4. The molecule has 1 saturated heterocycles. The predicted molar refractivity (Wildman–Crippen MR) is 117 cm³/mol. The minimum Gasteiger partial charge on any atom is -0.395 e. The molecule has 0 radical (unpaired) electrons. The molecule has 0 spiro atoms. The molecule has 32 heavy (non-hydrogen) atoms. The second-order valence-electron chi connectivity index (χ2n) is 7.76. The number of hydrogen-bond donors (Lipinski definition) is 1. The lowest BCUT2D eigenvalue weighted by atomic mass is 9.88. The molecule has 0 aliphatic carbocycles. The average molecular weight is 433 g/mol. The van der Waals surface area contributed by atoms with E-state index in [1.54, 1.807) is 0 Å². The minimum absolute atomic E-state index is 0.0934. The van der Waals surface area contributed by atoms with Gasteiger partial charge in [0.15, 0.2) is 5.76 Å². The highest BCUT2D eigenvalue weighted by Crippen LogP contribution is 2.28. The van der Waals surface area contributed by atoms with Crippen molar-refractivity contribution < 1.29 is 18.9 Å². The highest BCUT2D eigenvalue weighted by atomic mass is 16.6. The van der Waals surface area contributed by atoms with Crippen LogP contribution in [0.25, 0.3) is 0 Å². The van der Waals surface area contributed by atoms with Crippen molar-refractivity contribution in [2.75, 3.05) is 19.6 Å². The van der Waals surface area contributed by atoms with Crippen LogP contribution >= 0.6 is 0 Å². The van der Waals surface area contributed by atoms with E-state index in [0.29, 0.717) is 6.54 Å². The van der Waals surface area contributed by atoms with Crippen molar-refractivity contribution in [3.8, 4) is 0 Å². The number of nitrogens with zero attached hydrogens (tertiary/aromatic N) is 2. The van der Waals surface area contributed by atoms with Crippen LogP contribution < -0.4 is 5.32 Å². The van der Waals surface area contributed by atoms with Gasteiger partial charge in [0.25, 0.3) is 5.91 Å². The quantitative estimate of drug-likeness (QED) is 0.432. The fraction of sp³-hybridized carbons (Fsp3) is 0.250. The summed E-state index contributed by atoms with van der Waals surface area (Å²) in [6.07, 6.45) is 0.755. The average Bonchev–Trinajstić information content (AvgIpc) is 3.28. The van der Waals surface area contributed by atoms with E-state index < -0.39 is 16.7 Å². The predicted octanol–water partition coefficient (Wildman–Crippen LogP) is 3.60. The molecule has 2 amide bonds. The summed E-state index contributed by atoms with van der Waals surface area (Å²) in [5.41, 5.74) is 2.39. The van der Waals surface area contributed by atoms with E-state index in [9.17, 15) is 19.7 Å². The topological polar surface area (TPSA) is 106 Å². The summed E-state index contributed by atoms with van der Waals surface area (Å²) in [6, 6.07) is 22.8. The highest BCUT2D eigenvalue weighted by Gasteiger charge is 2.37. The van der Waals surface area contributed by atoms with Gasteiger partial charge in [-0.3, -0.25) is 19.7 Å². The zero-order valence-electron chi connectivity index (χ0n) is 17.3. The lowest BCUT2D eigenvalue weighted by molar-refractivity contribution is -0.402. The fourth-order valence-electron chi connectivity index (χ4n) is 3.89. The van der Waals surface area contributed by atoms with E-state index in [0.717, 1.165) is 12.5 Å². The number of rotatable bonds is 8. The van der Waals surface area contributed by atoms with E-state index >= 15 is 0 Å². The number of nitro groups is 1. The molecule has 1 aliphatic heterocycles. The first-order chi connectivity index (χ1) is 15.5. The zero-order chi connectivity index (χ0) is 22.5. The van der Waals surface area contributed by atoms with E-state index in [2.05, 4.69) is 29.6 Å². The van der Waals surface area contributed by atoms with Crippen LogP contribution in [0, 0.1) is 16.0 Å². The third kappa shape index (κ3) is 4.69. The van der Waals surface area contributed by atoms with E-state index in [1.807, 2.05) is 36.4 Å². The normalized spacial score (nSPS) is 13.6. The number of nitrogens with one attached hydrogen (secondary N) is 1. The van der Waals surface area contributed by atoms with Crippen LogP contribution in [-0.4, -0.2) is 41.3 Å². The molecule has 8 heteroatoms. The molecule has 0 unspecified atom stereocenters. The maximum atomic E-state index is 12.5. The number of carbonyl (C=O) groups excluding carboxylic acids is 2. The number of furan rings is 1. The van der Waals surface area contributed by atoms with Crippen LogP contribution in [-0.2, 0) is 4.79 Å². The van der Waals surface area contributed by atoms with Gasteiger partial charge in [-0.2, -0.15) is 0 Å². The first-order valence-electron chi connectivity index (χ1n) is 10.4. The van der Waals surface area contributed by atoms with Gasteiger partial charge in [0.05, 0.1) is 12.0 Å². The van der Waals surface area contributed by atoms with Crippen molar-refractivity contribution in [1.82, 2.24) is 10.2 Å². The molecule has 164 valence electrons. The van der Waals surface area contributed by atoms with Gasteiger partial charge in [-0.25, -0.2) is 0 Å². The molecule has 3 aromatic rings. The second kappa shape index (κ2) is 9.47. The van der Waals surface area contributed by atoms with Crippen LogP contribution in [0.15, 0.2) is 77.2 Å². The summed E-state index contributed by atoms with van der Waals surface area (Å²) >= 11 is 0. The minimum atomic E-state index is -0.693. The molecule has 0 atom stereocenters. The SMILES string of the molecule is O=C(NCCC(c1ccccc1)c1ccccc1)C1CN(C(=O)c2ccc([N+](=O)[O-])o2)C1. The molecule has 1 aliphatic rings. The summed E-state index contributed by atoms with van der Waals surface area (Å²) < 4.78 is 4.94. The molecule has 4 rings (SSSR count). The van der Waals surface area contributed by atoms with Gasteiger partial charge in [-0.15, -0.1) is 0 Å².